The Balaban J connectivity index is 3.16. The molecule has 0 aromatic rings. The zero-order valence-electron chi connectivity index (χ0n) is 5.31. The summed E-state index contributed by atoms with van der Waals surface area (Å²) in [4.78, 5) is 20.0. The first-order valence-electron chi connectivity index (χ1n) is 2.66. The van der Waals surface area contributed by atoms with Gasteiger partial charge < -0.3 is 15.8 Å². The third kappa shape index (κ3) is 3.30. The van der Waals surface area contributed by atoms with E-state index in [1.54, 1.807) is 0 Å². The average molecular weight is 117 g/mol. The standard InChI is InChI=1S/C4H8N2O2/c5-3-4(8)6-1-2-7/h2H,1,3,5H2,(H,6,8)/i/hD. The maximum Gasteiger partial charge on any atom is 0.234 e. The second-order valence-electron chi connectivity index (χ2n) is 1.15. The van der Waals surface area contributed by atoms with Crippen LogP contribution in [-0.2, 0) is 9.59 Å². The number of aldehydes is 1. The summed E-state index contributed by atoms with van der Waals surface area (Å²) >= 11 is 0. The summed E-state index contributed by atoms with van der Waals surface area (Å²) in [6, 6.07) is 0. The van der Waals surface area contributed by atoms with E-state index < -0.39 is 0 Å². The van der Waals surface area contributed by atoms with Crippen LogP contribution in [0.3, 0.4) is 0 Å². The Kier molecular flexibility index (Phi) is 2.79. The van der Waals surface area contributed by atoms with Gasteiger partial charge in [0.15, 0.2) is 0 Å². The van der Waals surface area contributed by atoms with Crippen LogP contribution >= 0.6 is 0 Å². The molecule has 0 fully saturated rings. The molecule has 0 atom stereocenters. The molecule has 0 saturated heterocycles. The minimum Gasteiger partial charge on any atom is -0.348 e. The zero-order valence-corrected chi connectivity index (χ0v) is 4.31. The Morgan fingerprint density at radius 1 is 2.00 bits per heavy atom. The molecule has 0 aliphatic rings. The molecule has 0 heterocycles. The van der Waals surface area contributed by atoms with E-state index in [0.717, 1.165) is 0 Å². The molecule has 0 saturated carbocycles. The Morgan fingerprint density at radius 2 is 2.75 bits per heavy atom. The quantitative estimate of drug-likeness (QED) is 0.429. The molecule has 0 aromatic heterocycles. The molecule has 3 N–H and O–H groups in total. The average Bonchev–Trinajstić information content (AvgIpc) is 1.85. The zero-order chi connectivity index (χ0) is 7.11. The number of nitrogens with one attached hydrogen (secondary N) is 1. The first kappa shape index (κ1) is 5.24. The summed E-state index contributed by atoms with van der Waals surface area (Å²) < 4.78 is 6.37. The van der Waals surface area contributed by atoms with Crippen LogP contribution in [0.1, 0.15) is 0 Å². The van der Waals surface area contributed by atoms with Crippen molar-refractivity contribution in [1.82, 2.24) is 5.32 Å². The highest BCUT2D eigenvalue weighted by atomic mass is 16.2. The lowest BCUT2D eigenvalue weighted by Crippen LogP contribution is -2.31. The number of carbonyl (C=O) groups excluding carboxylic acids is 2. The van der Waals surface area contributed by atoms with E-state index in [-0.39, 0.29) is 19.0 Å². The van der Waals surface area contributed by atoms with Gasteiger partial charge in [0.25, 0.3) is 0 Å². The fourth-order valence-corrected chi connectivity index (χ4v) is 0.218. The van der Waals surface area contributed by atoms with Gasteiger partial charge in [0, 0.05) is 0 Å². The van der Waals surface area contributed by atoms with Crippen LogP contribution in [0.15, 0.2) is 0 Å². The molecule has 46 valence electrons. The van der Waals surface area contributed by atoms with Crippen molar-refractivity contribution in [2.45, 2.75) is 0 Å². The van der Waals surface area contributed by atoms with Crippen LogP contribution in [0.4, 0.5) is 0 Å². The Labute approximate surface area is 48.5 Å². The molecule has 0 unspecified atom stereocenters. The molecular weight excluding hydrogens is 108 g/mol. The van der Waals surface area contributed by atoms with Gasteiger partial charge in [-0.3, -0.25) is 4.79 Å². The van der Waals surface area contributed by atoms with Crippen LogP contribution in [0.2, 0.25) is 1.41 Å². The predicted octanol–water partition coefficient (Wildman–Crippen LogP) is -1.74. The highest BCUT2D eigenvalue weighted by molar-refractivity contribution is 5.79. The molecule has 0 aliphatic heterocycles. The lowest BCUT2D eigenvalue weighted by Gasteiger charge is -1.93. The third-order valence-corrected chi connectivity index (χ3v) is 0.543. The normalized spacial score (nSPS) is 9.75. The molecular formula is C4H8N2O2. The molecule has 0 rings (SSSR count). The van der Waals surface area contributed by atoms with Gasteiger partial charge in [-0.1, -0.05) is 0 Å². The van der Waals surface area contributed by atoms with Crippen LogP contribution in [0, 0.1) is 0 Å². The van der Waals surface area contributed by atoms with Crippen molar-refractivity contribution >= 4 is 12.2 Å². The lowest BCUT2D eigenvalue weighted by atomic mass is 10.6. The number of rotatable bonds is 4. The Morgan fingerprint density at radius 3 is 3.25 bits per heavy atom. The van der Waals surface area contributed by atoms with Crippen molar-refractivity contribution in [3.05, 3.63) is 0 Å². The molecule has 0 aromatic carbocycles. The first-order valence-corrected chi connectivity index (χ1v) is 2.16. The second kappa shape index (κ2) is 4.26. The van der Waals surface area contributed by atoms with Gasteiger partial charge in [0.2, 0.25) is 5.91 Å². The summed E-state index contributed by atoms with van der Waals surface area (Å²) in [6.07, 6.45) is 0.585. The largest absolute Gasteiger partial charge is 0.348 e. The maximum absolute atomic E-state index is 10.3. The molecule has 0 spiro atoms. The molecule has 0 bridgehead atoms. The van der Waals surface area contributed by atoms with Gasteiger partial charge in [-0.05, 0) is 0 Å². The van der Waals surface area contributed by atoms with Gasteiger partial charge in [-0.25, -0.2) is 0 Å². The predicted molar refractivity (Wildman–Crippen MR) is 28.1 cm³/mol. The van der Waals surface area contributed by atoms with Crippen molar-refractivity contribution in [1.29, 1.82) is 0 Å². The van der Waals surface area contributed by atoms with E-state index in [9.17, 15) is 9.59 Å². The Hall–Kier alpha value is -0.900. The summed E-state index contributed by atoms with van der Waals surface area (Å²) in [6.45, 7) is -0.0612. The third-order valence-electron chi connectivity index (χ3n) is 0.543. The molecule has 4 nitrogen and oxygen atoms in total. The first-order chi connectivity index (χ1) is 4.31. The molecule has 1 amide bonds. The van der Waals surface area contributed by atoms with E-state index in [1.165, 1.54) is 0 Å². The second-order valence-corrected chi connectivity index (χ2v) is 1.15. The van der Waals surface area contributed by atoms with Gasteiger partial charge in [-0.2, -0.15) is 0 Å². The summed E-state index contributed by atoms with van der Waals surface area (Å²) in [5.41, 5.74) is 1.90. The van der Waals surface area contributed by atoms with Crippen molar-refractivity contribution in [2.75, 3.05) is 13.1 Å². The highest BCUT2D eigenvalue weighted by Crippen LogP contribution is 1.53. The fraction of sp³-hybridized carbons (Fsp3) is 0.500. The molecule has 0 aliphatic carbocycles. The maximum atomic E-state index is 10.3. The van der Waals surface area contributed by atoms with E-state index in [1.807, 2.05) is 5.73 Å². The van der Waals surface area contributed by atoms with Crippen LogP contribution in [-0.4, -0.2) is 25.3 Å². The topological polar surface area (TPSA) is 72.2 Å². The van der Waals surface area contributed by atoms with E-state index in [0.29, 0.717) is 6.29 Å². The SMILES string of the molecule is [2H]NCC(=O)NCC=O. The highest BCUT2D eigenvalue weighted by Gasteiger charge is 1.91. The number of nitrogens with two attached hydrogens (primary N) is 1. The van der Waals surface area contributed by atoms with E-state index >= 15 is 0 Å². The van der Waals surface area contributed by atoms with Crippen LogP contribution < -0.4 is 11.0 Å². The minimum absolute atomic E-state index is 0.0144. The smallest absolute Gasteiger partial charge is 0.234 e. The number of carbonyl (C=O) groups is 2. The van der Waals surface area contributed by atoms with Crippen molar-refractivity contribution in [3.8, 4) is 0 Å². The number of hydrogen-bond acceptors (Lipinski definition) is 3. The van der Waals surface area contributed by atoms with Gasteiger partial charge in [0.05, 0.1) is 13.1 Å². The van der Waals surface area contributed by atoms with E-state index in [4.69, 9.17) is 1.41 Å². The van der Waals surface area contributed by atoms with Crippen molar-refractivity contribution in [2.24, 2.45) is 5.73 Å². The van der Waals surface area contributed by atoms with Crippen LogP contribution in [0.5, 0.6) is 0 Å². The van der Waals surface area contributed by atoms with Gasteiger partial charge >= 0.3 is 0 Å². The number of amides is 1. The number of hydrogen-bond donors (Lipinski definition) is 2. The lowest BCUT2D eigenvalue weighted by molar-refractivity contribution is -0.121. The monoisotopic (exact) mass is 117 g/mol. The van der Waals surface area contributed by atoms with Crippen LogP contribution in [0.25, 0.3) is 0 Å². The van der Waals surface area contributed by atoms with Gasteiger partial charge in [-0.15, -0.1) is 0 Å². The summed E-state index contributed by atoms with van der Waals surface area (Å²) in [7, 11) is 0. The van der Waals surface area contributed by atoms with Gasteiger partial charge in [0.1, 0.15) is 7.70 Å². The molecule has 8 heavy (non-hydrogen) atoms. The summed E-state index contributed by atoms with van der Waals surface area (Å²) in [5, 5.41) is 2.24. The molecule has 0 radical (unpaired) electrons. The Bertz CT molecular complexity index is 107. The molecule has 4 heteroatoms. The fourth-order valence-electron chi connectivity index (χ4n) is 0.218. The van der Waals surface area contributed by atoms with Crippen molar-refractivity contribution < 1.29 is 11.0 Å². The summed E-state index contributed by atoms with van der Waals surface area (Å²) in [5.74, 6) is -0.350. The minimum atomic E-state index is -0.350. The van der Waals surface area contributed by atoms with E-state index in [2.05, 4.69) is 5.32 Å². The van der Waals surface area contributed by atoms with Crippen molar-refractivity contribution in [3.63, 3.8) is 0 Å².